The van der Waals surface area contributed by atoms with E-state index in [1.165, 1.54) is 13.0 Å². The Morgan fingerprint density at radius 1 is 1.63 bits per heavy atom. The van der Waals surface area contributed by atoms with Crippen molar-refractivity contribution in [2.24, 2.45) is 0 Å². The third kappa shape index (κ3) is 4.49. The molecule has 1 amide bonds. The quantitative estimate of drug-likeness (QED) is 0.747. The summed E-state index contributed by atoms with van der Waals surface area (Å²) in [6.07, 6.45) is 1.43. The molecule has 1 rings (SSSR count). The molecule has 8 heteroatoms. The molecule has 0 saturated heterocycles. The van der Waals surface area contributed by atoms with E-state index in [4.69, 9.17) is 4.52 Å². The summed E-state index contributed by atoms with van der Waals surface area (Å²) < 4.78 is 29.3. The van der Waals surface area contributed by atoms with Gasteiger partial charge in [0.15, 0.2) is 5.82 Å². The molecule has 0 radical (unpaired) electrons. The maximum atomic E-state index is 11.7. The van der Waals surface area contributed by atoms with Crippen molar-refractivity contribution < 1.29 is 17.7 Å². The minimum Gasteiger partial charge on any atom is -0.360 e. The fraction of sp³-hybridized carbons (Fsp3) is 0.455. The van der Waals surface area contributed by atoms with E-state index in [9.17, 15) is 13.2 Å². The van der Waals surface area contributed by atoms with Crippen LogP contribution >= 0.6 is 0 Å². The van der Waals surface area contributed by atoms with Crippen LogP contribution in [0.25, 0.3) is 0 Å². The van der Waals surface area contributed by atoms with Crippen LogP contribution in [0.4, 0.5) is 5.82 Å². The van der Waals surface area contributed by atoms with Gasteiger partial charge in [0.1, 0.15) is 5.76 Å². The van der Waals surface area contributed by atoms with Gasteiger partial charge in [-0.3, -0.25) is 4.79 Å². The number of sulfonamides is 1. The number of aromatic nitrogens is 1. The lowest BCUT2D eigenvalue weighted by molar-refractivity contribution is -0.116. The van der Waals surface area contributed by atoms with Gasteiger partial charge in [-0.15, -0.1) is 6.58 Å². The maximum Gasteiger partial charge on any atom is 0.240 e. The second kappa shape index (κ2) is 6.48. The normalized spacial score (nSPS) is 11.5. The second-order valence-electron chi connectivity index (χ2n) is 3.85. The van der Waals surface area contributed by atoms with Crippen LogP contribution < -0.4 is 5.32 Å². The molecule has 0 spiro atoms. The minimum absolute atomic E-state index is 0.0722. The predicted molar refractivity (Wildman–Crippen MR) is 71.1 cm³/mol. The maximum absolute atomic E-state index is 11.7. The number of amides is 1. The highest BCUT2D eigenvalue weighted by molar-refractivity contribution is 7.89. The van der Waals surface area contributed by atoms with Crippen molar-refractivity contribution in [3.8, 4) is 0 Å². The first-order valence-electron chi connectivity index (χ1n) is 5.71. The van der Waals surface area contributed by atoms with E-state index in [2.05, 4.69) is 17.1 Å². The van der Waals surface area contributed by atoms with Gasteiger partial charge in [-0.05, 0) is 13.8 Å². The first kappa shape index (κ1) is 15.4. The summed E-state index contributed by atoms with van der Waals surface area (Å²) in [7, 11) is -3.45. The zero-order valence-electron chi connectivity index (χ0n) is 10.9. The van der Waals surface area contributed by atoms with Crippen LogP contribution in [-0.4, -0.2) is 42.6 Å². The van der Waals surface area contributed by atoms with Gasteiger partial charge in [0.25, 0.3) is 0 Å². The van der Waals surface area contributed by atoms with Crippen molar-refractivity contribution in [1.82, 2.24) is 9.46 Å². The Hall–Kier alpha value is -1.67. The molecule has 106 valence electrons. The highest BCUT2D eigenvalue weighted by atomic mass is 32.2. The molecule has 0 aliphatic rings. The molecular formula is C11H17N3O4S. The summed E-state index contributed by atoms with van der Waals surface area (Å²) in [4.78, 5) is 11.7. The summed E-state index contributed by atoms with van der Waals surface area (Å²) in [6.45, 7) is 6.49. The van der Waals surface area contributed by atoms with Gasteiger partial charge < -0.3 is 9.84 Å². The lowest BCUT2D eigenvalue weighted by Gasteiger charge is -2.18. The molecule has 0 unspecified atom stereocenters. The highest BCUT2D eigenvalue weighted by Gasteiger charge is 2.21. The molecule has 7 nitrogen and oxygen atoms in total. The van der Waals surface area contributed by atoms with Gasteiger partial charge in [-0.1, -0.05) is 11.2 Å². The zero-order valence-corrected chi connectivity index (χ0v) is 11.7. The van der Waals surface area contributed by atoms with Gasteiger partial charge in [-0.25, -0.2) is 8.42 Å². The van der Waals surface area contributed by atoms with E-state index < -0.39 is 15.9 Å². The number of nitrogens with one attached hydrogen (secondary N) is 1. The van der Waals surface area contributed by atoms with E-state index in [0.29, 0.717) is 5.76 Å². The Labute approximate surface area is 112 Å². The molecule has 1 aromatic heterocycles. The molecule has 1 N–H and O–H groups in total. The van der Waals surface area contributed by atoms with Crippen molar-refractivity contribution in [1.29, 1.82) is 0 Å². The van der Waals surface area contributed by atoms with E-state index >= 15 is 0 Å². The molecule has 0 saturated carbocycles. The standard InChI is InChI=1S/C11H17N3O4S/c1-4-6-14(19(16,17)5-2)8-11(15)12-10-7-9(3)18-13-10/h4,7H,1,5-6,8H2,2-3H3,(H,12,13,15). The van der Waals surface area contributed by atoms with E-state index in [0.717, 1.165) is 4.31 Å². The number of hydrogen-bond acceptors (Lipinski definition) is 5. The van der Waals surface area contributed by atoms with Gasteiger partial charge in [0.05, 0.1) is 12.3 Å². The third-order valence-electron chi connectivity index (χ3n) is 2.31. The average molecular weight is 287 g/mol. The number of carbonyl (C=O) groups is 1. The lowest BCUT2D eigenvalue weighted by atomic mass is 10.4. The Bertz CT molecular complexity index is 550. The van der Waals surface area contributed by atoms with Gasteiger partial charge in [-0.2, -0.15) is 4.31 Å². The monoisotopic (exact) mass is 287 g/mol. The van der Waals surface area contributed by atoms with Crippen molar-refractivity contribution in [3.05, 3.63) is 24.5 Å². The number of anilines is 1. The molecule has 0 aromatic carbocycles. The molecule has 0 aliphatic heterocycles. The number of rotatable bonds is 7. The first-order valence-corrected chi connectivity index (χ1v) is 7.32. The largest absolute Gasteiger partial charge is 0.360 e. The predicted octanol–water partition coefficient (Wildman–Crippen LogP) is 0.759. The van der Waals surface area contributed by atoms with Gasteiger partial charge in [0, 0.05) is 12.6 Å². The Balaban J connectivity index is 2.69. The summed E-state index contributed by atoms with van der Waals surface area (Å²) >= 11 is 0. The van der Waals surface area contributed by atoms with Crippen LogP contribution in [0.3, 0.4) is 0 Å². The average Bonchev–Trinajstić information content (AvgIpc) is 2.74. The Morgan fingerprint density at radius 2 is 2.32 bits per heavy atom. The van der Waals surface area contributed by atoms with Crippen molar-refractivity contribution in [3.63, 3.8) is 0 Å². The summed E-state index contributed by atoms with van der Waals surface area (Å²) in [5.74, 6) is 0.263. The highest BCUT2D eigenvalue weighted by Crippen LogP contribution is 2.08. The first-order chi connectivity index (χ1) is 8.89. The van der Waals surface area contributed by atoms with E-state index in [-0.39, 0.29) is 24.7 Å². The molecule has 0 fully saturated rings. The summed E-state index contributed by atoms with van der Waals surface area (Å²) in [6, 6.07) is 1.55. The number of nitrogens with zero attached hydrogens (tertiary/aromatic N) is 2. The van der Waals surface area contributed by atoms with Crippen LogP contribution in [0.15, 0.2) is 23.2 Å². The minimum atomic E-state index is -3.45. The molecular weight excluding hydrogens is 270 g/mol. The molecule has 19 heavy (non-hydrogen) atoms. The number of aryl methyl sites for hydroxylation is 1. The zero-order chi connectivity index (χ0) is 14.5. The number of carbonyl (C=O) groups excluding carboxylic acids is 1. The molecule has 0 bridgehead atoms. The molecule has 0 atom stereocenters. The summed E-state index contributed by atoms with van der Waals surface area (Å²) in [5.41, 5.74) is 0. The van der Waals surface area contributed by atoms with E-state index in [1.807, 2.05) is 0 Å². The topological polar surface area (TPSA) is 92.5 Å². The summed E-state index contributed by atoms with van der Waals surface area (Å²) in [5, 5.41) is 6.06. The number of hydrogen-bond donors (Lipinski definition) is 1. The van der Waals surface area contributed by atoms with Crippen molar-refractivity contribution in [2.75, 3.05) is 24.2 Å². The lowest BCUT2D eigenvalue weighted by Crippen LogP contribution is -2.38. The molecule has 1 heterocycles. The smallest absolute Gasteiger partial charge is 0.240 e. The fourth-order valence-electron chi connectivity index (χ4n) is 1.37. The van der Waals surface area contributed by atoms with Crippen LogP contribution in [0.5, 0.6) is 0 Å². The fourth-order valence-corrected chi connectivity index (χ4v) is 2.38. The van der Waals surface area contributed by atoms with Crippen LogP contribution in [0, 0.1) is 6.92 Å². The van der Waals surface area contributed by atoms with E-state index in [1.54, 1.807) is 13.0 Å². The third-order valence-corrected chi connectivity index (χ3v) is 4.10. The van der Waals surface area contributed by atoms with Gasteiger partial charge >= 0.3 is 0 Å². The SMILES string of the molecule is C=CCN(CC(=O)Nc1cc(C)on1)S(=O)(=O)CC. The Kier molecular flexibility index (Phi) is 5.25. The van der Waals surface area contributed by atoms with Crippen molar-refractivity contribution >= 4 is 21.7 Å². The molecule has 1 aromatic rings. The van der Waals surface area contributed by atoms with Crippen LogP contribution in [0.2, 0.25) is 0 Å². The van der Waals surface area contributed by atoms with Crippen molar-refractivity contribution in [2.45, 2.75) is 13.8 Å². The Morgan fingerprint density at radius 3 is 2.79 bits per heavy atom. The second-order valence-corrected chi connectivity index (χ2v) is 6.11. The molecule has 0 aliphatic carbocycles. The van der Waals surface area contributed by atoms with Crippen LogP contribution in [-0.2, 0) is 14.8 Å². The van der Waals surface area contributed by atoms with Crippen LogP contribution in [0.1, 0.15) is 12.7 Å². The van der Waals surface area contributed by atoms with Gasteiger partial charge in [0.2, 0.25) is 15.9 Å².